The van der Waals surface area contributed by atoms with Crippen molar-refractivity contribution in [1.82, 2.24) is 4.98 Å². The third kappa shape index (κ3) is 2.65. The molecule has 0 unspecified atom stereocenters. The molecule has 0 aliphatic carbocycles. The van der Waals surface area contributed by atoms with Gasteiger partial charge in [-0.3, -0.25) is 0 Å². The molecule has 0 radical (unpaired) electrons. The van der Waals surface area contributed by atoms with Crippen LogP contribution in [0.25, 0.3) is 10.9 Å². The Bertz CT molecular complexity index is 822. The summed E-state index contributed by atoms with van der Waals surface area (Å²) in [6, 6.07) is 8.16. The Balaban J connectivity index is 2.12. The molecular formula is C16H12ClF2NS. The molecule has 5 heteroatoms. The molecule has 0 spiro atoms. The summed E-state index contributed by atoms with van der Waals surface area (Å²) in [7, 11) is 0. The number of nitrogens with one attached hydrogen (secondary N) is 1. The van der Waals surface area contributed by atoms with Gasteiger partial charge in [0, 0.05) is 20.9 Å². The van der Waals surface area contributed by atoms with E-state index < -0.39 is 5.82 Å². The quantitative estimate of drug-likeness (QED) is 0.623. The Morgan fingerprint density at radius 1 is 1.10 bits per heavy atom. The van der Waals surface area contributed by atoms with E-state index >= 15 is 0 Å². The van der Waals surface area contributed by atoms with E-state index in [1.165, 1.54) is 30.0 Å². The molecule has 1 nitrogen and oxygen atoms in total. The lowest BCUT2D eigenvalue weighted by atomic mass is 10.2. The van der Waals surface area contributed by atoms with Gasteiger partial charge in [-0.15, -0.1) is 0 Å². The summed E-state index contributed by atoms with van der Waals surface area (Å²) in [5.41, 5.74) is 2.07. The monoisotopic (exact) mass is 323 g/mol. The number of hydrogen-bond donors (Lipinski definition) is 1. The minimum absolute atomic E-state index is 0.0851. The summed E-state index contributed by atoms with van der Waals surface area (Å²) in [5.74, 6) is -0.733. The van der Waals surface area contributed by atoms with E-state index in [1.54, 1.807) is 6.07 Å². The molecule has 0 bridgehead atoms. The van der Waals surface area contributed by atoms with Gasteiger partial charge in [-0.2, -0.15) is 0 Å². The molecule has 0 fully saturated rings. The number of halogens is 3. The molecule has 0 atom stereocenters. The van der Waals surface area contributed by atoms with E-state index in [9.17, 15) is 8.78 Å². The Labute approximate surface area is 130 Å². The summed E-state index contributed by atoms with van der Waals surface area (Å²) in [5, 5.41) is 0.836. The van der Waals surface area contributed by atoms with Crippen LogP contribution in [-0.2, 0) is 0 Å². The molecule has 108 valence electrons. The van der Waals surface area contributed by atoms with Gasteiger partial charge in [-0.25, -0.2) is 8.78 Å². The van der Waals surface area contributed by atoms with Crippen LogP contribution in [0.15, 0.2) is 40.1 Å². The maximum Gasteiger partial charge on any atom is 0.165 e. The lowest BCUT2D eigenvalue weighted by Gasteiger charge is -2.04. The molecule has 0 saturated heterocycles. The molecule has 0 aliphatic heterocycles. The van der Waals surface area contributed by atoms with Crippen LogP contribution < -0.4 is 0 Å². The lowest BCUT2D eigenvalue weighted by Crippen LogP contribution is -1.82. The molecule has 2 aromatic carbocycles. The lowest BCUT2D eigenvalue weighted by molar-refractivity contribution is 0.623. The highest BCUT2D eigenvalue weighted by atomic mass is 35.5. The van der Waals surface area contributed by atoms with E-state index in [-0.39, 0.29) is 10.8 Å². The van der Waals surface area contributed by atoms with Gasteiger partial charge in [0.1, 0.15) is 5.82 Å². The Morgan fingerprint density at radius 3 is 2.57 bits per heavy atom. The van der Waals surface area contributed by atoms with Crippen molar-refractivity contribution >= 4 is 34.3 Å². The Kier molecular flexibility index (Phi) is 3.68. The third-order valence-electron chi connectivity index (χ3n) is 3.23. The zero-order chi connectivity index (χ0) is 15.1. The van der Waals surface area contributed by atoms with Gasteiger partial charge in [0.25, 0.3) is 0 Å². The van der Waals surface area contributed by atoms with Crippen LogP contribution in [0, 0.1) is 25.5 Å². The predicted octanol–water partition coefficient (Wildman–Crippen LogP) is 5.87. The summed E-state index contributed by atoms with van der Waals surface area (Å²) in [6.45, 7) is 3.70. The first-order valence-electron chi connectivity index (χ1n) is 6.37. The van der Waals surface area contributed by atoms with Crippen LogP contribution in [0.3, 0.4) is 0 Å². The number of aromatic amines is 1. The second-order valence-corrected chi connectivity index (χ2v) is 6.42. The molecule has 3 aromatic rings. The van der Waals surface area contributed by atoms with Crippen molar-refractivity contribution in [3.05, 3.63) is 58.2 Å². The summed E-state index contributed by atoms with van der Waals surface area (Å²) in [6.07, 6.45) is 0. The summed E-state index contributed by atoms with van der Waals surface area (Å²) < 4.78 is 27.5. The maximum atomic E-state index is 14.0. The number of H-pyrrole nitrogens is 1. The minimum Gasteiger partial charge on any atom is -0.355 e. The van der Waals surface area contributed by atoms with Crippen LogP contribution in [0.4, 0.5) is 8.78 Å². The van der Waals surface area contributed by atoms with Crippen LogP contribution in [-0.4, -0.2) is 4.98 Å². The van der Waals surface area contributed by atoms with Gasteiger partial charge >= 0.3 is 0 Å². The zero-order valence-corrected chi connectivity index (χ0v) is 13.0. The van der Waals surface area contributed by atoms with Crippen molar-refractivity contribution in [3.63, 3.8) is 0 Å². The highest BCUT2D eigenvalue weighted by Gasteiger charge is 2.15. The second kappa shape index (κ2) is 5.35. The van der Waals surface area contributed by atoms with Crippen LogP contribution in [0.5, 0.6) is 0 Å². The van der Waals surface area contributed by atoms with Crippen molar-refractivity contribution in [2.24, 2.45) is 0 Å². The van der Waals surface area contributed by atoms with Gasteiger partial charge in [0.05, 0.1) is 10.5 Å². The second-order valence-electron chi connectivity index (χ2n) is 4.93. The number of aromatic nitrogens is 1. The topological polar surface area (TPSA) is 15.8 Å². The zero-order valence-electron chi connectivity index (χ0n) is 11.4. The van der Waals surface area contributed by atoms with Gasteiger partial charge < -0.3 is 4.98 Å². The first kappa shape index (κ1) is 14.4. The first-order chi connectivity index (χ1) is 9.95. The highest BCUT2D eigenvalue weighted by molar-refractivity contribution is 7.99. The number of fused-ring (bicyclic) bond motifs is 1. The molecule has 1 aromatic heterocycles. The van der Waals surface area contributed by atoms with E-state index in [0.717, 1.165) is 26.4 Å². The van der Waals surface area contributed by atoms with Crippen molar-refractivity contribution in [2.45, 2.75) is 23.6 Å². The van der Waals surface area contributed by atoms with Crippen molar-refractivity contribution in [2.75, 3.05) is 0 Å². The molecule has 21 heavy (non-hydrogen) atoms. The SMILES string of the molecule is Cc1cc(F)cc(Sc2c(C)[nH]c3c(F)c(Cl)ccc23)c1. The van der Waals surface area contributed by atoms with Crippen LogP contribution >= 0.6 is 23.4 Å². The largest absolute Gasteiger partial charge is 0.355 e. The van der Waals surface area contributed by atoms with Crippen molar-refractivity contribution < 1.29 is 8.78 Å². The number of aryl methyl sites for hydroxylation is 2. The standard InChI is InChI=1S/C16H12ClF2NS/c1-8-5-10(18)7-11(6-8)21-16-9(2)20-15-12(16)3-4-13(17)14(15)19/h3-7,20H,1-2H3. The fourth-order valence-electron chi connectivity index (χ4n) is 2.32. The van der Waals surface area contributed by atoms with Gasteiger partial charge in [-0.1, -0.05) is 23.4 Å². The van der Waals surface area contributed by atoms with Gasteiger partial charge in [-0.05, 0) is 49.7 Å². The van der Waals surface area contributed by atoms with Crippen molar-refractivity contribution in [1.29, 1.82) is 0 Å². The summed E-state index contributed by atoms with van der Waals surface area (Å²) in [4.78, 5) is 4.68. The predicted molar refractivity (Wildman–Crippen MR) is 83.3 cm³/mol. The minimum atomic E-state index is -0.459. The van der Waals surface area contributed by atoms with E-state index in [1.807, 2.05) is 19.9 Å². The first-order valence-corrected chi connectivity index (χ1v) is 7.56. The molecular weight excluding hydrogens is 312 g/mol. The molecule has 0 saturated carbocycles. The van der Waals surface area contributed by atoms with Crippen LogP contribution in [0.1, 0.15) is 11.3 Å². The van der Waals surface area contributed by atoms with Crippen molar-refractivity contribution in [3.8, 4) is 0 Å². The maximum absolute atomic E-state index is 14.0. The van der Waals surface area contributed by atoms with E-state index in [0.29, 0.717) is 5.52 Å². The molecule has 0 amide bonds. The van der Waals surface area contributed by atoms with Crippen LogP contribution in [0.2, 0.25) is 5.02 Å². The fraction of sp³-hybridized carbons (Fsp3) is 0.125. The average Bonchev–Trinajstić information content (AvgIpc) is 2.71. The number of benzene rings is 2. The Hall–Kier alpha value is -1.52. The average molecular weight is 324 g/mol. The van der Waals surface area contributed by atoms with Gasteiger partial charge in [0.2, 0.25) is 0 Å². The number of hydrogen-bond acceptors (Lipinski definition) is 1. The molecule has 1 N–H and O–H groups in total. The Morgan fingerprint density at radius 2 is 1.86 bits per heavy atom. The molecule has 0 aliphatic rings. The summed E-state index contributed by atoms with van der Waals surface area (Å²) >= 11 is 7.21. The third-order valence-corrected chi connectivity index (χ3v) is 4.72. The van der Waals surface area contributed by atoms with E-state index in [4.69, 9.17) is 11.6 Å². The highest BCUT2D eigenvalue weighted by Crippen LogP contribution is 2.38. The normalized spacial score (nSPS) is 11.3. The molecule has 1 heterocycles. The smallest absolute Gasteiger partial charge is 0.165 e. The number of rotatable bonds is 2. The van der Waals surface area contributed by atoms with E-state index in [2.05, 4.69) is 4.98 Å². The molecule has 3 rings (SSSR count). The van der Waals surface area contributed by atoms with Gasteiger partial charge in [0.15, 0.2) is 5.82 Å². The fourth-order valence-corrected chi connectivity index (χ4v) is 3.61.